The van der Waals surface area contributed by atoms with Crippen LogP contribution in [0.1, 0.15) is 0 Å². The van der Waals surface area contributed by atoms with Gasteiger partial charge in [0.15, 0.2) is 0 Å². The summed E-state index contributed by atoms with van der Waals surface area (Å²) in [4.78, 5) is 0. The Morgan fingerprint density at radius 3 is 1.35 bits per heavy atom. The van der Waals surface area contributed by atoms with Crippen molar-refractivity contribution in [1.29, 1.82) is 0 Å². The standard InChI is InChI=1S/C36H24N2S2/c1-2-8-23(9-3-1)24-18-27(37-25-14-16-35-31(21-25)29-10-4-6-12-33(29)39-35)20-28(19-24)38-26-15-17-36-32(22-26)30-11-5-7-13-34(30)40-36/h1-22,37-38H. The fourth-order valence-corrected chi connectivity index (χ4v) is 7.68. The molecule has 0 saturated heterocycles. The van der Waals surface area contributed by atoms with Crippen LogP contribution in [-0.4, -0.2) is 0 Å². The first-order valence-electron chi connectivity index (χ1n) is 13.3. The van der Waals surface area contributed by atoms with Gasteiger partial charge in [-0.3, -0.25) is 0 Å². The molecule has 0 spiro atoms. The highest BCUT2D eigenvalue weighted by molar-refractivity contribution is 7.26. The molecule has 2 aromatic heterocycles. The summed E-state index contributed by atoms with van der Waals surface area (Å²) < 4.78 is 5.26. The van der Waals surface area contributed by atoms with Gasteiger partial charge in [0.05, 0.1) is 0 Å². The first-order valence-corrected chi connectivity index (χ1v) is 15.0. The van der Waals surface area contributed by atoms with Crippen molar-refractivity contribution in [2.45, 2.75) is 0 Å². The monoisotopic (exact) mass is 548 g/mol. The van der Waals surface area contributed by atoms with Crippen LogP contribution < -0.4 is 10.6 Å². The average molecular weight is 549 g/mol. The van der Waals surface area contributed by atoms with E-state index in [-0.39, 0.29) is 0 Å². The third kappa shape index (κ3) is 4.19. The molecule has 8 rings (SSSR count). The van der Waals surface area contributed by atoms with Gasteiger partial charge in [-0.15, -0.1) is 22.7 Å². The van der Waals surface area contributed by atoms with Gasteiger partial charge in [-0.2, -0.15) is 0 Å². The van der Waals surface area contributed by atoms with Crippen LogP contribution in [0.25, 0.3) is 51.5 Å². The van der Waals surface area contributed by atoms with Crippen molar-refractivity contribution < 1.29 is 0 Å². The van der Waals surface area contributed by atoms with Crippen molar-refractivity contribution >= 4 is 85.8 Å². The lowest BCUT2D eigenvalue weighted by Gasteiger charge is -2.14. The van der Waals surface area contributed by atoms with Crippen LogP contribution >= 0.6 is 22.7 Å². The van der Waals surface area contributed by atoms with Crippen LogP contribution in [0.5, 0.6) is 0 Å². The second-order valence-corrected chi connectivity index (χ2v) is 12.2. The number of anilines is 4. The quantitative estimate of drug-likeness (QED) is 0.223. The summed E-state index contributed by atoms with van der Waals surface area (Å²) in [5, 5.41) is 12.6. The van der Waals surface area contributed by atoms with E-state index in [0.717, 1.165) is 28.3 Å². The number of rotatable bonds is 5. The van der Waals surface area contributed by atoms with E-state index in [0.29, 0.717) is 0 Å². The van der Waals surface area contributed by atoms with Crippen LogP contribution in [0, 0.1) is 0 Å². The molecule has 0 aliphatic rings. The van der Waals surface area contributed by atoms with E-state index in [4.69, 9.17) is 0 Å². The minimum atomic E-state index is 1.05. The fourth-order valence-electron chi connectivity index (χ4n) is 5.51. The zero-order valence-electron chi connectivity index (χ0n) is 21.5. The molecule has 0 atom stereocenters. The molecule has 0 saturated carbocycles. The molecular formula is C36H24N2S2. The largest absolute Gasteiger partial charge is 0.355 e. The second-order valence-electron chi connectivity index (χ2n) is 10.0. The molecule has 40 heavy (non-hydrogen) atoms. The van der Waals surface area contributed by atoms with Crippen LogP contribution in [-0.2, 0) is 0 Å². The summed E-state index contributed by atoms with van der Waals surface area (Å²) in [6.07, 6.45) is 0. The van der Waals surface area contributed by atoms with Gasteiger partial charge in [-0.05, 0) is 77.9 Å². The smallest absolute Gasteiger partial charge is 0.0411 e. The molecule has 8 aromatic rings. The number of hydrogen-bond donors (Lipinski definition) is 2. The maximum atomic E-state index is 3.70. The highest BCUT2D eigenvalue weighted by Gasteiger charge is 2.10. The van der Waals surface area contributed by atoms with E-state index in [9.17, 15) is 0 Å². The van der Waals surface area contributed by atoms with Gasteiger partial charge < -0.3 is 10.6 Å². The maximum absolute atomic E-state index is 3.70. The van der Waals surface area contributed by atoms with Crippen molar-refractivity contribution in [3.05, 3.63) is 133 Å². The summed E-state index contributed by atoms with van der Waals surface area (Å²) in [5.41, 5.74) is 6.61. The number of benzene rings is 6. The van der Waals surface area contributed by atoms with Crippen LogP contribution in [0.2, 0.25) is 0 Å². The molecule has 0 aliphatic carbocycles. The Labute approximate surface area is 240 Å². The first-order chi connectivity index (χ1) is 19.8. The third-order valence-electron chi connectivity index (χ3n) is 7.37. The number of fused-ring (bicyclic) bond motifs is 6. The Morgan fingerprint density at radius 1 is 0.325 bits per heavy atom. The van der Waals surface area contributed by atoms with Crippen molar-refractivity contribution in [3.8, 4) is 11.1 Å². The van der Waals surface area contributed by atoms with Crippen molar-refractivity contribution in [3.63, 3.8) is 0 Å². The van der Waals surface area contributed by atoms with Gasteiger partial charge in [0, 0.05) is 63.1 Å². The normalized spacial score (nSPS) is 11.5. The molecule has 190 valence electrons. The van der Waals surface area contributed by atoms with E-state index >= 15 is 0 Å². The molecule has 0 unspecified atom stereocenters. The Kier molecular flexibility index (Phi) is 5.54. The Bertz CT molecular complexity index is 2040. The van der Waals surface area contributed by atoms with Gasteiger partial charge in [0.1, 0.15) is 0 Å². The molecule has 0 bridgehead atoms. The van der Waals surface area contributed by atoms with Crippen molar-refractivity contribution in [1.82, 2.24) is 0 Å². The highest BCUT2D eigenvalue weighted by Crippen LogP contribution is 2.38. The topological polar surface area (TPSA) is 24.1 Å². The lowest BCUT2D eigenvalue weighted by molar-refractivity contribution is 1.52. The second kappa shape index (κ2) is 9.53. The summed E-state index contributed by atoms with van der Waals surface area (Å²) in [5.74, 6) is 0. The highest BCUT2D eigenvalue weighted by atomic mass is 32.1. The molecule has 2 nitrogen and oxygen atoms in total. The Morgan fingerprint density at radius 2 is 0.800 bits per heavy atom. The number of hydrogen-bond acceptors (Lipinski definition) is 4. The van der Waals surface area contributed by atoms with E-state index in [1.807, 2.05) is 22.7 Å². The molecule has 0 amide bonds. The maximum Gasteiger partial charge on any atom is 0.0411 e. The molecule has 0 aliphatic heterocycles. The number of thiophene rings is 2. The summed E-state index contributed by atoms with van der Waals surface area (Å²) in [6, 6.07) is 47.8. The van der Waals surface area contributed by atoms with Crippen LogP contribution in [0.3, 0.4) is 0 Å². The zero-order valence-corrected chi connectivity index (χ0v) is 23.2. The molecule has 2 N–H and O–H groups in total. The average Bonchev–Trinajstić information content (AvgIpc) is 3.55. The van der Waals surface area contributed by atoms with Crippen LogP contribution in [0.4, 0.5) is 22.7 Å². The molecule has 4 heteroatoms. The van der Waals surface area contributed by atoms with E-state index in [1.54, 1.807) is 0 Å². The molecular weight excluding hydrogens is 525 g/mol. The SMILES string of the molecule is c1ccc(-c2cc(Nc3ccc4sc5ccccc5c4c3)cc(Nc3ccc4sc5ccccc5c4c3)c2)cc1. The number of nitrogens with one attached hydrogen (secondary N) is 2. The lowest BCUT2D eigenvalue weighted by atomic mass is 10.0. The van der Waals surface area contributed by atoms with E-state index in [1.165, 1.54) is 45.9 Å². The summed E-state index contributed by atoms with van der Waals surface area (Å²) >= 11 is 3.69. The zero-order chi connectivity index (χ0) is 26.5. The summed E-state index contributed by atoms with van der Waals surface area (Å²) in [7, 11) is 0. The summed E-state index contributed by atoms with van der Waals surface area (Å²) in [6.45, 7) is 0. The van der Waals surface area contributed by atoms with Crippen molar-refractivity contribution in [2.75, 3.05) is 10.6 Å². The van der Waals surface area contributed by atoms with Gasteiger partial charge in [-0.1, -0.05) is 66.7 Å². The van der Waals surface area contributed by atoms with Gasteiger partial charge in [-0.25, -0.2) is 0 Å². The molecule has 0 radical (unpaired) electrons. The Balaban J connectivity index is 1.19. The van der Waals surface area contributed by atoms with E-state index in [2.05, 4.69) is 144 Å². The van der Waals surface area contributed by atoms with Gasteiger partial charge >= 0.3 is 0 Å². The van der Waals surface area contributed by atoms with Crippen LogP contribution in [0.15, 0.2) is 133 Å². The lowest BCUT2D eigenvalue weighted by Crippen LogP contribution is -1.95. The first kappa shape index (κ1) is 23.3. The predicted molar refractivity (Wildman–Crippen MR) is 177 cm³/mol. The minimum Gasteiger partial charge on any atom is -0.355 e. The fraction of sp³-hybridized carbons (Fsp3) is 0. The van der Waals surface area contributed by atoms with Gasteiger partial charge in [0.25, 0.3) is 0 Å². The molecule has 0 fully saturated rings. The Hall–Kier alpha value is -4.64. The minimum absolute atomic E-state index is 1.05. The predicted octanol–water partition coefficient (Wildman–Crippen LogP) is 11.6. The third-order valence-corrected chi connectivity index (χ3v) is 9.67. The van der Waals surface area contributed by atoms with Crippen molar-refractivity contribution in [2.24, 2.45) is 0 Å². The van der Waals surface area contributed by atoms with Gasteiger partial charge in [0.2, 0.25) is 0 Å². The molecule has 2 heterocycles. The molecule has 6 aromatic carbocycles. The van der Waals surface area contributed by atoms with E-state index < -0.39 is 0 Å².